The Labute approximate surface area is 114 Å². The summed E-state index contributed by atoms with van der Waals surface area (Å²) in [4.78, 5) is 21.8. The van der Waals surface area contributed by atoms with Gasteiger partial charge in [-0.2, -0.15) is 13.2 Å². The lowest BCUT2D eigenvalue weighted by Crippen LogP contribution is -2.09. The Kier molecular flexibility index (Phi) is 3.89. The van der Waals surface area contributed by atoms with Crippen molar-refractivity contribution < 1.29 is 23.1 Å². The van der Waals surface area contributed by atoms with Crippen LogP contribution in [-0.2, 0) is 6.18 Å². The molecule has 0 saturated carbocycles. The standard InChI is InChI=1S/C11H6F3N3O2S/c12-11(13,14)7-3-5-16-10(17-7)20-8-6(9(18)19)2-1-4-15-8/h1-5H,(H,18,19). The number of aromatic carboxylic acids is 1. The summed E-state index contributed by atoms with van der Waals surface area (Å²) in [7, 11) is 0. The van der Waals surface area contributed by atoms with Crippen molar-refractivity contribution >= 4 is 17.7 Å². The van der Waals surface area contributed by atoms with E-state index in [0.717, 1.165) is 12.3 Å². The number of hydrogen-bond acceptors (Lipinski definition) is 5. The maximum absolute atomic E-state index is 12.5. The van der Waals surface area contributed by atoms with Crippen LogP contribution >= 0.6 is 11.8 Å². The van der Waals surface area contributed by atoms with E-state index >= 15 is 0 Å². The van der Waals surface area contributed by atoms with Gasteiger partial charge in [0.1, 0.15) is 10.7 Å². The highest BCUT2D eigenvalue weighted by Gasteiger charge is 2.33. The number of carboxylic acids is 1. The van der Waals surface area contributed by atoms with Crippen LogP contribution in [0.2, 0.25) is 0 Å². The van der Waals surface area contributed by atoms with Gasteiger partial charge >= 0.3 is 12.1 Å². The first-order valence-corrected chi connectivity index (χ1v) is 5.96. The first-order chi connectivity index (χ1) is 9.38. The van der Waals surface area contributed by atoms with Gasteiger partial charge in [-0.05, 0) is 30.0 Å². The zero-order valence-electron chi connectivity index (χ0n) is 9.63. The lowest BCUT2D eigenvalue weighted by Gasteiger charge is -2.07. The fourth-order valence-corrected chi connectivity index (χ4v) is 2.08. The second-order valence-corrected chi connectivity index (χ2v) is 4.44. The molecule has 1 N–H and O–H groups in total. The Hall–Kier alpha value is -2.16. The number of hydrogen-bond donors (Lipinski definition) is 1. The summed E-state index contributed by atoms with van der Waals surface area (Å²) in [5.74, 6) is -1.23. The number of alkyl halides is 3. The van der Waals surface area contributed by atoms with E-state index in [0.29, 0.717) is 11.8 Å². The van der Waals surface area contributed by atoms with Gasteiger partial charge in [0, 0.05) is 12.4 Å². The fraction of sp³-hybridized carbons (Fsp3) is 0.0909. The van der Waals surface area contributed by atoms with Crippen LogP contribution in [0.25, 0.3) is 0 Å². The molecular formula is C11H6F3N3O2S. The molecule has 0 unspecified atom stereocenters. The molecule has 0 aromatic carbocycles. The van der Waals surface area contributed by atoms with E-state index in [2.05, 4.69) is 15.0 Å². The van der Waals surface area contributed by atoms with Crippen molar-refractivity contribution in [3.63, 3.8) is 0 Å². The number of carboxylic acid groups (broad SMARTS) is 1. The zero-order valence-corrected chi connectivity index (χ0v) is 10.4. The normalized spacial score (nSPS) is 11.3. The van der Waals surface area contributed by atoms with Gasteiger partial charge in [-0.1, -0.05) is 0 Å². The maximum atomic E-state index is 12.5. The largest absolute Gasteiger partial charge is 0.478 e. The molecule has 0 spiro atoms. The number of aromatic nitrogens is 3. The highest BCUT2D eigenvalue weighted by Crippen LogP contribution is 2.30. The maximum Gasteiger partial charge on any atom is 0.433 e. The summed E-state index contributed by atoms with van der Waals surface area (Å²) in [5, 5.41) is 8.76. The van der Waals surface area contributed by atoms with Crippen LogP contribution in [0.1, 0.15) is 16.1 Å². The third kappa shape index (κ3) is 3.23. The molecule has 20 heavy (non-hydrogen) atoms. The molecule has 0 saturated heterocycles. The van der Waals surface area contributed by atoms with Crippen molar-refractivity contribution in [2.24, 2.45) is 0 Å². The predicted molar refractivity (Wildman–Crippen MR) is 62.4 cm³/mol. The predicted octanol–water partition coefficient (Wildman–Crippen LogP) is 2.74. The molecule has 2 rings (SSSR count). The smallest absolute Gasteiger partial charge is 0.433 e. The van der Waals surface area contributed by atoms with Gasteiger partial charge in [-0.15, -0.1) is 0 Å². The Morgan fingerprint density at radius 2 is 1.95 bits per heavy atom. The fourth-order valence-electron chi connectivity index (χ4n) is 1.27. The monoisotopic (exact) mass is 301 g/mol. The molecule has 2 aromatic rings. The van der Waals surface area contributed by atoms with E-state index in [-0.39, 0.29) is 15.7 Å². The third-order valence-electron chi connectivity index (χ3n) is 2.11. The average Bonchev–Trinajstić information content (AvgIpc) is 2.38. The average molecular weight is 301 g/mol. The van der Waals surface area contributed by atoms with E-state index in [1.54, 1.807) is 0 Å². The van der Waals surface area contributed by atoms with Crippen LogP contribution in [0.15, 0.2) is 40.8 Å². The second-order valence-electron chi connectivity index (χ2n) is 3.49. The Bertz CT molecular complexity index is 649. The summed E-state index contributed by atoms with van der Waals surface area (Å²) >= 11 is 0.659. The second kappa shape index (κ2) is 5.45. The summed E-state index contributed by atoms with van der Waals surface area (Å²) in [6, 6.07) is 3.45. The molecule has 0 aliphatic carbocycles. The topological polar surface area (TPSA) is 76.0 Å². The van der Waals surface area contributed by atoms with Crippen molar-refractivity contribution in [3.8, 4) is 0 Å². The number of carbonyl (C=O) groups is 1. The Morgan fingerprint density at radius 1 is 1.20 bits per heavy atom. The molecule has 0 aliphatic rings. The summed E-state index contributed by atoms with van der Waals surface area (Å²) in [6.45, 7) is 0. The highest BCUT2D eigenvalue weighted by molar-refractivity contribution is 7.99. The molecule has 0 radical (unpaired) electrons. The molecule has 0 atom stereocenters. The number of halogens is 3. The molecule has 5 nitrogen and oxygen atoms in total. The summed E-state index contributed by atoms with van der Waals surface area (Å²) in [5.41, 5.74) is -1.22. The van der Waals surface area contributed by atoms with Gasteiger partial charge in [0.05, 0.1) is 5.56 Å². The summed E-state index contributed by atoms with van der Waals surface area (Å²) in [6.07, 6.45) is -2.29. The molecule has 2 heterocycles. The van der Waals surface area contributed by atoms with E-state index in [9.17, 15) is 18.0 Å². The van der Waals surface area contributed by atoms with E-state index < -0.39 is 17.8 Å². The van der Waals surface area contributed by atoms with Crippen LogP contribution in [0.5, 0.6) is 0 Å². The molecule has 2 aromatic heterocycles. The lowest BCUT2D eigenvalue weighted by atomic mass is 10.3. The van der Waals surface area contributed by atoms with Crippen molar-refractivity contribution in [2.45, 2.75) is 16.4 Å². The minimum absolute atomic E-state index is 0.0272. The van der Waals surface area contributed by atoms with Crippen LogP contribution in [0, 0.1) is 0 Å². The molecule has 104 valence electrons. The quantitative estimate of drug-likeness (QED) is 0.878. The SMILES string of the molecule is O=C(O)c1cccnc1Sc1nccc(C(F)(F)F)n1. The van der Waals surface area contributed by atoms with Crippen LogP contribution in [0.4, 0.5) is 13.2 Å². The van der Waals surface area contributed by atoms with Crippen molar-refractivity contribution in [3.05, 3.63) is 41.9 Å². The lowest BCUT2D eigenvalue weighted by molar-refractivity contribution is -0.141. The van der Waals surface area contributed by atoms with Crippen molar-refractivity contribution in [1.29, 1.82) is 0 Å². The molecule has 9 heteroatoms. The van der Waals surface area contributed by atoms with Crippen molar-refractivity contribution in [1.82, 2.24) is 15.0 Å². The minimum atomic E-state index is -4.59. The Morgan fingerprint density at radius 3 is 2.60 bits per heavy atom. The summed E-state index contributed by atoms with van der Waals surface area (Å²) < 4.78 is 37.5. The van der Waals surface area contributed by atoms with Gasteiger partial charge in [-0.3, -0.25) is 0 Å². The van der Waals surface area contributed by atoms with Gasteiger partial charge in [0.15, 0.2) is 5.16 Å². The van der Waals surface area contributed by atoms with Gasteiger partial charge < -0.3 is 5.11 Å². The number of nitrogens with zero attached hydrogens (tertiary/aromatic N) is 3. The number of pyridine rings is 1. The van der Waals surface area contributed by atoms with E-state index in [1.807, 2.05) is 0 Å². The molecule has 0 bridgehead atoms. The number of rotatable bonds is 3. The first kappa shape index (κ1) is 14.3. The molecule has 0 fully saturated rings. The first-order valence-electron chi connectivity index (χ1n) is 5.14. The van der Waals surface area contributed by atoms with E-state index in [4.69, 9.17) is 5.11 Å². The van der Waals surface area contributed by atoms with E-state index in [1.165, 1.54) is 18.3 Å². The van der Waals surface area contributed by atoms with Gasteiger partial charge in [0.2, 0.25) is 0 Å². The third-order valence-corrected chi connectivity index (χ3v) is 3.01. The molecule has 0 aliphatic heterocycles. The van der Waals surface area contributed by atoms with Crippen LogP contribution < -0.4 is 0 Å². The van der Waals surface area contributed by atoms with Gasteiger partial charge in [-0.25, -0.2) is 19.7 Å². The van der Waals surface area contributed by atoms with Crippen LogP contribution in [0.3, 0.4) is 0 Å². The molecular weight excluding hydrogens is 295 g/mol. The van der Waals surface area contributed by atoms with Gasteiger partial charge in [0.25, 0.3) is 0 Å². The van der Waals surface area contributed by atoms with Crippen molar-refractivity contribution in [2.75, 3.05) is 0 Å². The minimum Gasteiger partial charge on any atom is -0.478 e. The highest BCUT2D eigenvalue weighted by atomic mass is 32.2. The van der Waals surface area contributed by atoms with Crippen LogP contribution in [-0.4, -0.2) is 26.0 Å². The Balaban J connectivity index is 2.34. The molecule has 0 amide bonds. The zero-order chi connectivity index (χ0) is 14.8.